The number of hydrogen-bond donors (Lipinski definition) is 0. The van der Waals surface area contributed by atoms with Gasteiger partial charge in [-0.15, -0.1) is 0 Å². The van der Waals surface area contributed by atoms with E-state index in [1.165, 1.54) is 11.1 Å². The van der Waals surface area contributed by atoms with Crippen LogP contribution in [0, 0.1) is 6.92 Å². The second kappa shape index (κ2) is 5.17. The molecule has 104 valence electrons. The highest BCUT2D eigenvalue weighted by atomic mass is 79.9. The van der Waals surface area contributed by atoms with Gasteiger partial charge in [-0.1, -0.05) is 24.3 Å². The molecule has 1 unspecified atom stereocenters. The van der Waals surface area contributed by atoms with Crippen LogP contribution in [0.2, 0.25) is 0 Å². The molecule has 0 radical (unpaired) electrons. The van der Waals surface area contributed by atoms with Crippen LogP contribution in [-0.2, 0) is 24.7 Å². The zero-order valence-corrected chi connectivity index (χ0v) is 13.3. The van der Waals surface area contributed by atoms with E-state index in [0.29, 0.717) is 12.2 Å². The number of carbonyl (C=O) groups excluding carboxylic acids is 1. The van der Waals surface area contributed by atoms with E-state index in [9.17, 15) is 4.79 Å². The number of Topliss-reactive ketones (excluding diaryl/α,β-unsaturated/α-hetero) is 1. The number of halogens is 1. The van der Waals surface area contributed by atoms with Gasteiger partial charge in [0.05, 0.1) is 22.3 Å². The predicted molar refractivity (Wildman–Crippen MR) is 81.9 cm³/mol. The number of aromatic nitrogens is 2. The zero-order valence-electron chi connectivity index (χ0n) is 11.7. The molecule has 3 nitrogen and oxygen atoms in total. The van der Waals surface area contributed by atoms with Gasteiger partial charge >= 0.3 is 0 Å². The molecule has 1 aliphatic carbocycles. The number of nitrogens with zero attached hydrogens (tertiary/aromatic N) is 2. The first-order chi connectivity index (χ1) is 9.58. The molecule has 0 amide bonds. The van der Waals surface area contributed by atoms with Crippen LogP contribution in [0.25, 0.3) is 0 Å². The summed E-state index contributed by atoms with van der Waals surface area (Å²) in [7, 11) is 1.89. The number of hydrogen-bond acceptors (Lipinski definition) is 2. The maximum atomic E-state index is 12.6. The third-order valence-electron chi connectivity index (χ3n) is 4.12. The van der Waals surface area contributed by atoms with E-state index in [0.717, 1.165) is 28.7 Å². The van der Waals surface area contributed by atoms with E-state index in [1.54, 1.807) is 4.68 Å². The number of carbonyl (C=O) groups is 1. The lowest BCUT2D eigenvalue weighted by Crippen LogP contribution is -2.15. The SMILES string of the molecule is Cc1nn(C)c(CC(=O)C2CCc3ccccc32)c1Br. The number of benzene rings is 1. The minimum atomic E-state index is 0.0494. The number of fused-ring (bicyclic) bond motifs is 1. The molecule has 0 fully saturated rings. The smallest absolute Gasteiger partial charge is 0.146 e. The van der Waals surface area contributed by atoms with Gasteiger partial charge in [0.25, 0.3) is 0 Å². The molecule has 1 atom stereocenters. The molecule has 0 spiro atoms. The summed E-state index contributed by atoms with van der Waals surface area (Å²) in [5.41, 5.74) is 4.44. The molecule has 1 aromatic heterocycles. The van der Waals surface area contributed by atoms with E-state index in [1.807, 2.05) is 26.1 Å². The molecule has 0 saturated heterocycles. The van der Waals surface area contributed by atoms with Gasteiger partial charge in [0.15, 0.2) is 0 Å². The fourth-order valence-electron chi connectivity index (χ4n) is 3.05. The molecule has 1 aliphatic rings. The number of rotatable bonds is 3. The first kappa shape index (κ1) is 13.6. The number of ketones is 1. The Labute approximate surface area is 127 Å². The van der Waals surface area contributed by atoms with E-state index in [4.69, 9.17) is 0 Å². The third kappa shape index (κ3) is 2.22. The van der Waals surface area contributed by atoms with E-state index in [-0.39, 0.29) is 5.92 Å². The quantitative estimate of drug-likeness (QED) is 0.864. The normalized spacial score (nSPS) is 17.2. The van der Waals surface area contributed by atoms with Gasteiger partial charge < -0.3 is 0 Å². The van der Waals surface area contributed by atoms with Crippen LogP contribution in [0.1, 0.15) is 34.9 Å². The van der Waals surface area contributed by atoms with Crippen molar-refractivity contribution in [3.63, 3.8) is 0 Å². The third-order valence-corrected chi connectivity index (χ3v) is 5.16. The van der Waals surface area contributed by atoms with Crippen molar-refractivity contribution in [2.24, 2.45) is 7.05 Å². The maximum absolute atomic E-state index is 12.6. The molecule has 1 heterocycles. The standard InChI is InChI=1S/C16H17BrN2O/c1-10-16(17)14(19(2)18-10)9-15(20)13-8-7-11-5-3-4-6-12(11)13/h3-6,13H,7-9H2,1-2H3. The van der Waals surface area contributed by atoms with Gasteiger partial charge in [-0.25, -0.2) is 0 Å². The molecule has 0 saturated carbocycles. The average molecular weight is 333 g/mol. The molecule has 20 heavy (non-hydrogen) atoms. The van der Waals surface area contributed by atoms with Crippen LogP contribution < -0.4 is 0 Å². The minimum Gasteiger partial charge on any atom is -0.299 e. The predicted octanol–water partition coefficient (Wildman–Crippen LogP) is 3.33. The van der Waals surface area contributed by atoms with E-state index < -0.39 is 0 Å². The fourth-order valence-corrected chi connectivity index (χ4v) is 3.53. The monoisotopic (exact) mass is 332 g/mol. The molecule has 0 aliphatic heterocycles. The Morgan fingerprint density at radius 1 is 1.45 bits per heavy atom. The molecule has 3 rings (SSSR count). The van der Waals surface area contributed by atoms with Crippen LogP contribution in [0.5, 0.6) is 0 Å². The molecule has 0 N–H and O–H groups in total. The second-order valence-corrected chi connectivity index (χ2v) is 6.20. The van der Waals surface area contributed by atoms with Crippen LogP contribution in [-0.4, -0.2) is 15.6 Å². The lowest BCUT2D eigenvalue weighted by atomic mass is 9.94. The lowest BCUT2D eigenvalue weighted by Gasteiger charge is -2.11. The number of aryl methyl sites for hydroxylation is 3. The summed E-state index contributed by atoms with van der Waals surface area (Å²) in [6.45, 7) is 1.95. The molecule has 2 aromatic rings. The lowest BCUT2D eigenvalue weighted by molar-refractivity contribution is -0.119. The summed E-state index contributed by atoms with van der Waals surface area (Å²) in [4.78, 5) is 12.6. The van der Waals surface area contributed by atoms with Crippen molar-refractivity contribution in [1.29, 1.82) is 0 Å². The molecule has 0 bridgehead atoms. The van der Waals surface area contributed by atoms with E-state index >= 15 is 0 Å². The molecular formula is C16H17BrN2O. The Bertz CT molecular complexity index is 675. The van der Waals surface area contributed by atoms with Crippen LogP contribution in [0.4, 0.5) is 0 Å². The van der Waals surface area contributed by atoms with Crippen LogP contribution >= 0.6 is 15.9 Å². The topological polar surface area (TPSA) is 34.9 Å². The van der Waals surface area contributed by atoms with Crippen molar-refractivity contribution < 1.29 is 4.79 Å². The minimum absolute atomic E-state index is 0.0494. The Balaban J connectivity index is 1.85. The van der Waals surface area contributed by atoms with Gasteiger partial charge in [0.1, 0.15) is 5.78 Å². The highest BCUT2D eigenvalue weighted by molar-refractivity contribution is 9.10. The maximum Gasteiger partial charge on any atom is 0.146 e. The van der Waals surface area contributed by atoms with Gasteiger partial charge in [-0.05, 0) is 46.8 Å². The molecule has 4 heteroatoms. The van der Waals surface area contributed by atoms with E-state index in [2.05, 4.69) is 33.2 Å². The van der Waals surface area contributed by atoms with Crippen molar-refractivity contribution in [2.45, 2.75) is 32.1 Å². The largest absolute Gasteiger partial charge is 0.299 e. The summed E-state index contributed by atoms with van der Waals surface area (Å²) in [5.74, 6) is 0.340. The Hall–Kier alpha value is -1.42. The first-order valence-corrected chi connectivity index (χ1v) is 7.65. The highest BCUT2D eigenvalue weighted by Gasteiger charge is 2.29. The van der Waals surface area contributed by atoms with Crippen molar-refractivity contribution in [1.82, 2.24) is 9.78 Å². The van der Waals surface area contributed by atoms with Crippen molar-refractivity contribution >= 4 is 21.7 Å². The van der Waals surface area contributed by atoms with Crippen LogP contribution in [0.3, 0.4) is 0 Å². The van der Waals surface area contributed by atoms with Gasteiger partial charge in [-0.3, -0.25) is 9.48 Å². The summed E-state index contributed by atoms with van der Waals surface area (Å²) < 4.78 is 2.76. The summed E-state index contributed by atoms with van der Waals surface area (Å²) >= 11 is 3.53. The summed E-state index contributed by atoms with van der Waals surface area (Å²) in [6.07, 6.45) is 2.39. The van der Waals surface area contributed by atoms with Crippen molar-refractivity contribution in [3.8, 4) is 0 Å². The highest BCUT2D eigenvalue weighted by Crippen LogP contribution is 2.34. The average Bonchev–Trinajstić information content (AvgIpc) is 2.96. The molecule has 1 aromatic carbocycles. The summed E-state index contributed by atoms with van der Waals surface area (Å²) in [5, 5.41) is 4.35. The Kier molecular flexibility index (Phi) is 3.50. The second-order valence-electron chi connectivity index (χ2n) is 5.40. The fraction of sp³-hybridized carbons (Fsp3) is 0.375. The van der Waals surface area contributed by atoms with Crippen LogP contribution in [0.15, 0.2) is 28.7 Å². The van der Waals surface area contributed by atoms with Gasteiger partial charge in [0, 0.05) is 13.0 Å². The molecular weight excluding hydrogens is 316 g/mol. The Morgan fingerprint density at radius 2 is 2.20 bits per heavy atom. The zero-order chi connectivity index (χ0) is 14.3. The van der Waals surface area contributed by atoms with Crippen molar-refractivity contribution in [3.05, 3.63) is 51.3 Å². The van der Waals surface area contributed by atoms with Gasteiger partial charge in [0.2, 0.25) is 0 Å². The Morgan fingerprint density at radius 3 is 2.90 bits per heavy atom. The van der Waals surface area contributed by atoms with Crippen molar-refractivity contribution in [2.75, 3.05) is 0 Å². The summed E-state index contributed by atoms with van der Waals surface area (Å²) in [6, 6.07) is 8.29. The first-order valence-electron chi connectivity index (χ1n) is 6.86. The van der Waals surface area contributed by atoms with Gasteiger partial charge in [-0.2, -0.15) is 5.10 Å².